The van der Waals surface area contributed by atoms with Crippen molar-refractivity contribution in [2.24, 2.45) is 5.92 Å². The minimum absolute atomic E-state index is 0.0843. The fraction of sp³-hybridized carbons (Fsp3) is 0.269. The van der Waals surface area contributed by atoms with Gasteiger partial charge in [-0.05, 0) is 48.5 Å². The summed E-state index contributed by atoms with van der Waals surface area (Å²) in [6, 6.07) is 16.3. The quantitative estimate of drug-likeness (QED) is 0.522. The van der Waals surface area contributed by atoms with Gasteiger partial charge in [-0.25, -0.2) is 0 Å². The monoisotopic (exact) mass is 489 g/mol. The second-order valence-corrected chi connectivity index (χ2v) is 10.7. The molecular weight excluding hydrogens is 470 g/mol. The number of hydrogen-bond acceptors (Lipinski definition) is 5. The molecule has 4 aliphatic heterocycles. The molecular formula is C26H20ClN3O3S. The summed E-state index contributed by atoms with van der Waals surface area (Å²) in [6.45, 7) is 0.620. The van der Waals surface area contributed by atoms with Crippen molar-refractivity contribution in [3.63, 3.8) is 0 Å². The number of carbonyl (C=O) groups excluding carboxylic acids is 3. The standard InChI is InChI=1S/C26H20ClN3O3S/c27-16-8-3-7-15-21(16)29-24(33)26(15)25(14-6-1-2-9-17(14)28-23(25)32)20(18-10-4-12-30(18)26)22(31)19-11-5-13-34-19/h1-3,5-9,11,13,18,20H,4,10,12H2,(H,28,32)(H,29,33)/t18-,20-,25-,26-/m0/s1. The van der Waals surface area contributed by atoms with Gasteiger partial charge in [-0.15, -0.1) is 11.3 Å². The molecule has 7 rings (SSSR count). The van der Waals surface area contributed by atoms with E-state index in [0.717, 1.165) is 12.8 Å². The van der Waals surface area contributed by atoms with Crippen LogP contribution in [0, 0.1) is 5.92 Å². The van der Waals surface area contributed by atoms with Gasteiger partial charge in [0.1, 0.15) is 11.0 Å². The third kappa shape index (κ3) is 2.10. The number of halogens is 1. The van der Waals surface area contributed by atoms with Crippen LogP contribution < -0.4 is 10.6 Å². The van der Waals surface area contributed by atoms with Crippen molar-refractivity contribution in [2.45, 2.75) is 29.8 Å². The predicted molar refractivity (Wildman–Crippen MR) is 130 cm³/mol. The summed E-state index contributed by atoms with van der Waals surface area (Å²) in [6.07, 6.45) is 1.59. The minimum atomic E-state index is -1.42. The fourth-order valence-electron chi connectivity index (χ4n) is 7.14. The third-order valence-electron chi connectivity index (χ3n) is 8.13. The van der Waals surface area contributed by atoms with Gasteiger partial charge in [-0.1, -0.05) is 48.0 Å². The Morgan fingerprint density at radius 3 is 2.65 bits per heavy atom. The molecule has 1 aromatic heterocycles. The lowest BCUT2D eigenvalue weighted by Crippen LogP contribution is -2.62. The van der Waals surface area contributed by atoms with E-state index < -0.39 is 16.9 Å². The zero-order valence-corrected chi connectivity index (χ0v) is 19.6. The van der Waals surface area contributed by atoms with E-state index >= 15 is 0 Å². The average molecular weight is 490 g/mol. The lowest BCUT2D eigenvalue weighted by atomic mass is 9.57. The number of hydrogen-bond donors (Lipinski definition) is 2. The third-order valence-corrected chi connectivity index (χ3v) is 9.33. The molecule has 2 saturated heterocycles. The molecule has 6 nitrogen and oxygen atoms in total. The Morgan fingerprint density at radius 1 is 1.00 bits per heavy atom. The molecule has 34 heavy (non-hydrogen) atoms. The van der Waals surface area contributed by atoms with Crippen LogP contribution in [0.1, 0.15) is 33.6 Å². The van der Waals surface area contributed by atoms with Gasteiger partial charge in [0.25, 0.3) is 5.91 Å². The highest BCUT2D eigenvalue weighted by atomic mass is 35.5. The van der Waals surface area contributed by atoms with E-state index in [1.54, 1.807) is 6.07 Å². The largest absolute Gasteiger partial charge is 0.325 e. The number of fused-ring (bicyclic) bond motifs is 7. The Kier molecular flexibility index (Phi) is 4.06. The number of nitrogens with zero attached hydrogens (tertiary/aromatic N) is 1. The van der Waals surface area contributed by atoms with Crippen LogP contribution in [0.2, 0.25) is 5.02 Å². The predicted octanol–water partition coefficient (Wildman–Crippen LogP) is 4.42. The first-order valence-corrected chi connectivity index (χ1v) is 12.6. The van der Waals surface area contributed by atoms with Crippen LogP contribution in [0.3, 0.4) is 0 Å². The number of carbonyl (C=O) groups is 3. The topological polar surface area (TPSA) is 78.5 Å². The van der Waals surface area contributed by atoms with E-state index in [4.69, 9.17) is 11.6 Å². The Labute approximate surface area is 204 Å². The van der Waals surface area contributed by atoms with Gasteiger partial charge in [0.2, 0.25) is 5.91 Å². The molecule has 170 valence electrons. The van der Waals surface area contributed by atoms with E-state index in [1.807, 2.05) is 53.9 Å². The summed E-state index contributed by atoms with van der Waals surface area (Å²) in [5.74, 6) is -1.40. The molecule has 0 saturated carbocycles. The second kappa shape index (κ2) is 6.78. The Bertz CT molecular complexity index is 1410. The molecule has 2 aromatic carbocycles. The molecule has 0 radical (unpaired) electrons. The van der Waals surface area contributed by atoms with Crippen LogP contribution in [0.25, 0.3) is 0 Å². The van der Waals surface area contributed by atoms with Crippen molar-refractivity contribution in [1.82, 2.24) is 4.90 Å². The summed E-state index contributed by atoms with van der Waals surface area (Å²) < 4.78 is 0. The summed E-state index contributed by atoms with van der Waals surface area (Å²) in [5, 5.41) is 8.34. The van der Waals surface area contributed by atoms with Crippen LogP contribution in [0.15, 0.2) is 60.0 Å². The Balaban J connectivity index is 1.62. The number of amides is 2. The van der Waals surface area contributed by atoms with Gasteiger partial charge in [0.05, 0.1) is 21.5 Å². The number of thiophene rings is 1. The van der Waals surface area contributed by atoms with E-state index in [2.05, 4.69) is 15.5 Å². The number of para-hydroxylation sites is 2. The van der Waals surface area contributed by atoms with E-state index in [9.17, 15) is 14.4 Å². The Hall–Kier alpha value is -3.00. The first kappa shape index (κ1) is 20.4. The Morgan fingerprint density at radius 2 is 1.82 bits per heavy atom. The highest BCUT2D eigenvalue weighted by Crippen LogP contribution is 2.68. The molecule has 0 bridgehead atoms. The number of rotatable bonds is 2. The molecule has 5 heterocycles. The molecule has 2 N–H and O–H groups in total. The van der Waals surface area contributed by atoms with Crippen molar-refractivity contribution in [1.29, 1.82) is 0 Å². The maximum atomic E-state index is 14.3. The summed E-state index contributed by atoms with van der Waals surface area (Å²) in [4.78, 5) is 45.5. The van der Waals surface area contributed by atoms with Crippen LogP contribution in [-0.4, -0.2) is 35.1 Å². The number of anilines is 2. The number of ketones is 1. The zero-order chi connectivity index (χ0) is 23.2. The number of Topliss-reactive ketones (excluding diaryl/α,β-unsaturated/α-hetero) is 1. The highest BCUT2D eigenvalue weighted by molar-refractivity contribution is 7.12. The van der Waals surface area contributed by atoms with Crippen molar-refractivity contribution in [3.05, 3.63) is 81.0 Å². The molecule has 8 heteroatoms. The minimum Gasteiger partial charge on any atom is -0.325 e. The average Bonchev–Trinajstić information content (AvgIpc) is 3.62. The lowest BCUT2D eigenvalue weighted by Gasteiger charge is -2.43. The SMILES string of the molecule is O=C(c1cccs1)[C@@H]1[C@@H]2CCCN2[C@@]2(C(=O)Nc3c(Cl)cccc32)[C@]12C(=O)Nc1ccccc12. The van der Waals surface area contributed by atoms with E-state index in [0.29, 0.717) is 38.9 Å². The summed E-state index contributed by atoms with van der Waals surface area (Å²) in [5.41, 5.74) is -0.239. The molecule has 0 aliphatic carbocycles. The summed E-state index contributed by atoms with van der Waals surface area (Å²) >= 11 is 7.93. The normalized spacial score (nSPS) is 31.0. The van der Waals surface area contributed by atoms with Crippen LogP contribution in [-0.2, 0) is 20.5 Å². The lowest BCUT2D eigenvalue weighted by molar-refractivity contribution is -0.137. The maximum absolute atomic E-state index is 14.3. The van der Waals surface area contributed by atoms with Crippen LogP contribution >= 0.6 is 22.9 Å². The van der Waals surface area contributed by atoms with E-state index in [-0.39, 0.29) is 23.6 Å². The number of nitrogens with one attached hydrogen (secondary N) is 2. The molecule has 2 amide bonds. The van der Waals surface area contributed by atoms with E-state index in [1.165, 1.54) is 11.3 Å². The van der Waals surface area contributed by atoms with Crippen molar-refractivity contribution in [2.75, 3.05) is 17.2 Å². The van der Waals surface area contributed by atoms with Crippen LogP contribution in [0.4, 0.5) is 11.4 Å². The van der Waals surface area contributed by atoms with Gasteiger partial charge in [0.15, 0.2) is 5.78 Å². The fourth-order valence-corrected chi connectivity index (χ4v) is 8.07. The second-order valence-electron chi connectivity index (χ2n) is 9.36. The number of benzene rings is 2. The maximum Gasteiger partial charge on any atom is 0.251 e. The smallest absolute Gasteiger partial charge is 0.251 e. The first-order chi connectivity index (χ1) is 16.5. The summed E-state index contributed by atoms with van der Waals surface area (Å²) in [7, 11) is 0. The van der Waals surface area contributed by atoms with Gasteiger partial charge < -0.3 is 10.6 Å². The molecule has 4 atom stereocenters. The van der Waals surface area contributed by atoms with Crippen molar-refractivity contribution in [3.8, 4) is 0 Å². The molecule has 4 aliphatic rings. The molecule has 0 unspecified atom stereocenters. The molecule has 3 aromatic rings. The zero-order valence-electron chi connectivity index (χ0n) is 18.0. The molecule has 2 spiro atoms. The molecule has 2 fully saturated rings. The van der Waals surface area contributed by atoms with Gasteiger partial charge >= 0.3 is 0 Å². The van der Waals surface area contributed by atoms with Crippen molar-refractivity contribution < 1.29 is 14.4 Å². The van der Waals surface area contributed by atoms with Gasteiger partial charge in [-0.3, -0.25) is 19.3 Å². The highest BCUT2D eigenvalue weighted by Gasteiger charge is 2.81. The van der Waals surface area contributed by atoms with Crippen molar-refractivity contribution >= 4 is 51.9 Å². The van der Waals surface area contributed by atoms with Crippen LogP contribution in [0.5, 0.6) is 0 Å². The van der Waals surface area contributed by atoms with Gasteiger partial charge in [0, 0.05) is 17.3 Å². The van der Waals surface area contributed by atoms with Gasteiger partial charge in [-0.2, -0.15) is 0 Å². The first-order valence-electron chi connectivity index (χ1n) is 11.4.